The molecule has 0 aliphatic carbocycles. The molecule has 0 saturated carbocycles. The number of benzene rings is 1. The van der Waals surface area contributed by atoms with Crippen LogP contribution < -0.4 is 5.32 Å². The van der Waals surface area contributed by atoms with Crippen LogP contribution in [0.5, 0.6) is 0 Å². The Morgan fingerprint density at radius 2 is 2.24 bits per heavy atom. The highest BCUT2D eigenvalue weighted by Gasteiger charge is 2.20. The molecule has 1 aromatic heterocycles. The van der Waals surface area contributed by atoms with Crippen molar-refractivity contribution in [2.45, 2.75) is 32.2 Å². The molecule has 1 aliphatic rings. The standard InChI is InChI=1S/C18H24N4O3/c1-2-25-17(24)7-10-22-8-5-14(6-9-22)19-18-20-15-4-3-13(12-23)11-16(15)21-18/h3-4,11-12,14H,2,5-10H2,1H3,(H2,19,20,21). The van der Waals surface area contributed by atoms with E-state index >= 15 is 0 Å². The Bertz CT molecular complexity index is 735. The Morgan fingerprint density at radius 3 is 2.96 bits per heavy atom. The van der Waals surface area contributed by atoms with Crippen LogP contribution in [0.25, 0.3) is 11.0 Å². The minimum Gasteiger partial charge on any atom is -0.466 e. The van der Waals surface area contributed by atoms with Gasteiger partial charge >= 0.3 is 5.97 Å². The fourth-order valence-electron chi connectivity index (χ4n) is 3.15. The van der Waals surface area contributed by atoms with Crippen LogP contribution in [0, 0.1) is 0 Å². The zero-order chi connectivity index (χ0) is 17.6. The number of imidazole rings is 1. The molecule has 0 atom stereocenters. The smallest absolute Gasteiger partial charge is 0.307 e. The lowest BCUT2D eigenvalue weighted by Gasteiger charge is -2.32. The Kier molecular flexibility index (Phi) is 5.65. The summed E-state index contributed by atoms with van der Waals surface area (Å²) in [5.74, 6) is 0.614. The maximum atomic E-state index is 11.4. The first-order chi connectivity index (χ1) is 12.2. The quantitative estimate of drug-likeness (QED) is 0.591. The molecule has 0 unspecified atom stereocenters. The molecule has 2 N–H and O–H groups in total. The summed E-state index contributed by atoms with van der Waals surface area (Å²) >= 11 is 0. The maximum absolute atomic E-state index is 11.4. The van der Waals surface area contributed by atoms with Gasteiger partial charge in [0.25, 0.3) is 0 Å². The average molecular weight is 344 g/mol. The molecule has 25 heavy (non-hydrogen) atoms. The number of likely N-dealkylation sites (tertiary alicyclic amines) is 1. The van der Waals surface area contributed by atoms with E-state index in [0.717, 1.165) is 55.7 Å². The van der Waals surface area contributed by atoms with E-state index in [1.807, 2.05) is 13.0 Å². The second kappa shape index (κ2) is 8.11. The minimum atomic E-state index is -0.125. The lowest BCUT2D eigenvalue weighted by atomic mass is 10.1. The first-order valence-electron chi connectivity index (χ1n) is 8.77. The molecule has 0 radical (unpaired) electrons. The largest absolute Gasteiger partial charge is 0.466 e. The molecule has 0 spiro atoms. The zero-order valence-corrected chi connectivity index (χ0v) is 14.5. The van der Waals surface area contributed by atoms with Crippen molar-refractivity contribution in [2.75, 3.05) is 31.6 Å². The third-order valence-corrected chi connectivity index (χ3v) is 4.51. The molecule has 134 valence electrons. The maximum Gasteiger partial charge on any atom is 0.307 e. The van der Waals surface area contributed by atoms with E-state index in [9.17, 15) is 9.59 Å². The number of esters is 1. The van der Waals surface area contributed by atoms with Crippen molar-refractivity contribution in [1.82, 2.24) is 14.9 Å². The number of rotatable bonds is 7. The highest BCUT2D eigenvalue weighted by atomic mass is 16.5. The fraction of sp³-hybridized carbons (Fsp3) is 0.500. The monoisotopic (exact) mass is 344 g/mol. The molecule has 2 aromatic rings. The SMILES string of the molecule is CCOC(=O)CCN1CCC(Nc2nc3ccc(C=O)cc3[nH]2)CC1. The Morgan fingerprint density at radius 1 is 1.44 bits per heavy atom. The number of aldehydes is 1. The van der Waals surface area contributed by atoms with Crippen molar-refractivity contribution in [2.24, 2.45) is 0 Å². The number of ether oxygens (including phenoxy) is 1. The van der Waals surface area contributed by atoms with Gasteiger partial charge < -0.3 is 19.9 Å². The molecule has 1 aromatic carbocycles. The molecule has 0 amide bonds. The van der Waals surface area contributed by atoms with Gasteiger partial charge in [-0.15, -0.1) is 0 Å². The normalized spacial score (nSPS) is 16.0. The van der Waals surface area contributed by atoms with Gasteiger partial charge in [0, 0.05) is 31.2 Å². The predicted octanol–water partition coefficient (Wildman–Crippen LogP) is 2.20. The Balaban J connectivity index is 1.49. The number of aromatic nitrogens is 2. The average Bonchev–Trinajstić information content (AvgIpc) is 3.02. The van der Waals surface area contributed by atoms with Crippen molar-refractivity contribution in [1.29, 1.82) is 0 Å². The number of hydrogen-bond donors (Lipinski definition) is 2. The van der Waals surface area contributed by atoms with Gasteiger partial charge in [0.2, 0.25) is 5.95 Å². The van der Waals surface area contributed by atoms with E-state index in [1.165, 1.54) is 0 Å². The van der Waals surface area contributed by atoms with Gasteiger partial charge in [-0.2, -0.15) is 0 Å². The summed E-state index contributed by atoms with van der Waals surface area (Å²) in [6, 6.07) is 5.77. The molecule has 2 heterocycles. The number of hydrogen-bond acceptors (Lipinski definition) is 6. The summed E-state index contributed by atoms with van der Waals surface area (Å²) in [5, 5.41) is 3.44. The van der Waals surface area contributed by atoms with Gasteiger partial charge in [0.15, 0.2) is 0 Å². The number of piperidine rings is 1. The number of fused-ring (bicyclic) bond motifs is 1. The van der Waals surface area contributed by atoms with E-state index in [4.69, 9.17) is 4.74 Å². The van der Waals surface area contributed by atoms with Crippen LogP contribution >= 0.6 is 0 Å². The van der Waals surface area contributed by atoms with E-state index in [1.54, 1.807) is 12.1 Å². The van der Waals surface area contributed by atoms with Crippen LogP contribution in [0.4, 0.5) is 5.95 Å². The molecular formula is C18H24N4O3. The van der Waals surface area contributed by atoms with Gasteiger partial charge in [-0.1, -0.05) is 0 Å². The van der Waals surface area contributed by atoms with Gasteiger partial charge in [0.1, 0.15) is 6.29 Å². The first-order valence-corrected chi connectivity index (χ1v) is 8.77. The van der Waals surface area contributed by atoms with Gasteiger partial charge in [-0.3, -0.25) is 9.59 Å². The topological polar surface area (TPSA) is 87.3 Å². The molecule has 7 nitrogen and oxygen atoms in total. The summed E-state index contributed by atoms with van der Waals surface area (Å²) in [7, 11) is 0. The summed E-state index contributed by atoms with van der Waals surface area (Å²) in [4.78, 5) is 32.3. The number of nitrogens with zero attached hydrogens (tertiary/aromatic N) is 2. The van der Waals surface area contributed by atoms with Gasteiger partial charge in [-0.25, -0.2) is 4.98 Å². The van der Waals surface area contributed by atoms with Crippen LogP contribution in [-0.2, 0) is 9.53 Å². The molecule has 1 fully saturated rings. The molecular weight excluding hydrogens is 320 g/mol. The summed E-state index contributed by atoms with van der Waals surface area (Å²) in [6.07, 6.45) is 3.28. The minimum absolute atomic E-state index is 0.125. The lowest BCUT2D eigenvalue weighted by molar-refractivity contribution is -0.143. The third kappa shape index (κ3) is 4.57. The van der Waals surface area contributed by atoms with Crippen LogP contribution in [0.2, 0.25) is 0 Å². The molecule has 1 saturated heterocycles. The Labute approximate surface area is 146 Å². The van der Waals surface area contributed by atoms with E-state index in [-0.39, 0.29) is 5.97 Å². The van der Waals surface area contributed by atoms with Crippen molar-refractivity contribution in [3.05, 3.63) is 23.8 Å². The predicted molar refractivity (Wildman–Crippen MR) is 95.8 cm³/mol. The zero-order valence-electron chi connectivity index (χ0n) is 14.5. The first kappa shape index (κ1) is 17.4. The van der Waals surface area contributed by atoms with Crippen LogP contribution in [0.15, 0.2) is 18.2 Å². The van der Waals surface area contributed by atoms with Gasteiger partial charge in [0.05, 0.1) is 24.1 Å². The van der Waals surface area contributed by atoms with Crippen LogP contribution in [-0.4, -0.2) is 59.4 Å². The summed E-state index contributed by atoms with van der Waals surface area (Å²) in [5.41, 5.74) is 2.34. The number of nitrogens with one attached hydrogen (secondary N) is 2. The summed E-state index contributed by atoms with van der Waals surface area (Å²) < 4.78 is 4.97. The summed E-state index contributed by atoms with van der Waals surface area (Å²) in [6.45, 7) is 4.92. The lowest BCUT2D eigenvalue weighted by Crippen LogP contribution is -2.40. The van der Waals surface area contributed by atoms with Crippen molar-refractivity contribution in [3.8, 4) is 0 Å². The number of carbonyl (C=O) groups is 2. The number of carbonyl (C=O) groups excluding carboxylic acids is 2. The second-order valence-electron chi connectivity index (χ2n) is 6.30. The van der Waals surface area contributed by atoms with E-state index < -0.39 is 0 Å². The number of H-pyrrole nitrogens is 1. The highest BCUT2D eigenvalue weighted by Crippen LogP contribution is 2.19. The van der Waals surface area contributed by atoms with Crippen LogP contribution in [0.1, 0.15) is 36.5 Å². The highest BCUT2D eigenvalue weighted by molar-refractivity contribution is 5.85. The van der Waals surface area contributed by atoms with Gasteiger partial charge in [-0.05, 0) is 38.0 Å². The molecule has 7 heteroatoms. The fourth-order valence-corrected chi connectivity index (χ4v) is 3.15. The van der Waals surface area contributed by atoms with Crippen LogP contribution in [0.3, 0.4) is 0 Å². The van der Waals surface area contributed by atoms with Crippen molar-refractivity contribution >= 4 is 29.2 Å². The second-order valence-corrected chi connectivity index (χ2v) is 6.30. The molecule has 3 rings (SSSR count). The number of aromatic amines is 1. The van der Waals surface area contributed by atoms with Crippen molar-refractivity contribution < 1.29 is 14.3 Å². The number of anilines is 1. The van der Waals surface area contributed by atoms with E-state index in [0.29, 0.717) is 24.6 Å². The Hall–Kier alpha value is -2.41. The van der Waals surface area contributed by atoms with Crippen molar-refractivity contribution in [3.63, 3.8) is 0 Å². The molecule has 1 aliphatic heterocycles. The third-order valence-electron chi connectivity index (χ3n) is 4.51. The van der Waals surface area contributed by atoms with E-state index in [2.05, 4.69) is 20.2 Å². The molecule has 0 bridgehead atoms.